The number of piperazine rings is 1. The standard InChI is InChI=1S/C26H27FN2O3/c1-19-7-10-22(11-8-19)32-18-21-17-20(9-12-25(21)31-2)26(30)29-15-13-28(14-16-29)24-6-4-3-5-23(24)27/h3-12,17H,13-16,18H2,1-2H3. The van der Waals surface area contributed by atoms with Crippen LogP contribution in [0.5, 0.6) is 11.5 Å². The molecule has 1 heterocycles. The molecule has 32 heavy (non-hydrogen) atoms. The summed E-state index contributed by atoms with van der Waals surface area (Å²) >= 11 is 0. The smallest absolute Gasteiger partial charge is 0.253 e. The maximum atomic E-state index is 14.1. The average Bonchev–Trinajstić information content (AvgIpc) is 2.83. The highest BCUT2D eigenvalue weighted by molar-refractivity contribution is 5.94. The van der Waals surface area contributed by atoms with E-state index in [-0.39, 0.29) is 11.7 Å². The maximum Gasteiger partial charge on any atom is 0.253 e. The second-order valence-corrected chi connectivity index (χ2v) is 7.86. The molecule has 3 aromatic carbocycles. The Balaban J connectivity index is 1.43. The molecule has 4 rings (SSSR count). The maximum absolute atomic E-state index is 14.1. The van der Waals surface area contributed by atoms with Crippen LogP contribution in [0.15, 0.2) is 66.7 Å². The van der Waals surface area contributed by atoms with Gasteiger partial charge in [0.15, 0.2) is 0 Å². The number of hydrogen-bond donors (Lipinski definition) is 0. The molecule has 0 radical (unpaired) electrons. The van der Waals surface area contributed by atoms with Crippen molar-refractivity contribution in [1.29, 1.82) is 0 Å². The Hall–Kier alpha value is -3.54. The van der Waals surface area contributed by atoms with Crippen LogP contribution in [0.25, 0.3) is 0 Å². The van der Waals surface area contributed by atoms with Gasteiger partial charge in [0.05, 0.1) is 12.8 Å². The molecule has 1 fully saturated rings. The molecular formula is C26H27FN2O3. The van der Waals surface area contributed by atoms with Gasteiger partial charge >= 0.3 is 0 Å². The Kier molecular flexibility index (Phi) is 6.59. The highest BCUT2D eigenvalue weighted by atomic mass is 19.1. The zero-order valence-electron chi connectivity index (χ0n) is 18.4. The number of halogens is 1. The van der Waals surface area contributed by atoms with Crippen LogP contribution in [0.3, 0.4) is 0 Å². The Morgan fingerprint density at radius 1 is 0.969 bits per heavy atom. The van der Waals surface area contributed by atoms with Gasteiger partial charge in [0, 0.05) is 37.3 Å². The topological polar surface area (TPSA) is 42.0 Å². The monoisotopic (exact) mass is 434 g/mol. The van der Waals surface area contributed by atoms with E-state index in [4.69, 9.17) is 9.47 Å². The average molecular weight is 435 g/mol. The summed E-state index contributed by atoms with van der Waals surface area (Å²) in [6, 6.07) is 20.0. The van der Waals surface area contributed by atoms with E-state index in [1.54, 1.807) is 31.4 Å². The number of anilines is 1. The van der Waals surface area contributed by atoms with E-state index in [2.05, 4.69) is 0 Å². The number of benzene rings is 3. The molecule has 3 aromatic rings. The summed E-state index contributed by atoms with van der Waals surface area (Å²) in [5.41, 5.74) is 3.15. The molecular weight excluding hydrogens is 407 g/mol. The molecule has 0 unspecified atom stereocenters. The first-order chi connectivity index (χ1) is 15.5. The minimum atomic E-state index is -0.236. The molecule has 5 nitrogen and oxygen atoms in total. The second-order valence-electron chi connectivity index (χ2n) is 7.86. The molecule has 0 spiro atoms. The molecule has 6 heteroatoms. The number of nitrogens with zero attached hydrogens (tertiary/aromatic N) is 2. The first kappa shape index (κ1) is 21.7. The summed E-state index contributed by atoms with van der Waals surface area (Å²) in [6.07, 6.45) is 0. The zero-order valence-corrected chi connectivity index (χ0v) is 18.4. The first-order valence-electron chi connectivity index (χ1n) is 10.7. The molecule has 1 amide bonds. The molecule has 0 bridgehead atoms. The van der Waals surface area contributed by atoms with Gasteiger partial charge in [-0.25, -0.2) is 4.39 Å². The van der Waals surface area contributed by atoms with Crippen molar-refractivity contribution in [3.63, 3.8) is 0 Å². The van der Waals surface area contributed by atoms with E-state index in [0.717, 1.165) is 16.9 Å². The van der Waals surface area contributed by atoms with Crippen molar-refractivity contribution in [3.8, 4) is 11.5 Å². The Morgan fingerprint density at radius 2 is 1.69 bits per heavy atom. The number of para-hydroxylation sites is 1. The van der Waals surface area contributed by atoms with Crippen LogP contribution in [-0.4, -0.2) is 44.1 Å². The van der Waals surface area contributed by atoms with E-state index >= 15 is 0 Å². The zero-order chi connectivity index (χ0) is 22.5. The number of ether oxygens (including phenoxy) is 2. The summed E-state index contributed by atoms with van der Waals surface area (Å²) in [5.74, 6) is 1.16. The van der Waals surface area contributed by atoms with Crippen LogP contribution >= 0.6 is 0 Å². The number of carbonyl (C=O) groups excluding carboxylic acids is 1. The van der Waals surface area contributed by atoms with Crippen molar-refractivity contribution < 1.29 is 18.7 Å². The second kappa shape index (κ2) is 9.73. The van der Waals surface area contributed by atoms with Crippen molar-refractivity contribution in [1.82, 2.24) is 4.90 Å². The van der Waals surface area contributed by atoms with Crippen LogP contribution < -0.4 is 14.4 Å². The Morgan fingerprint density at radius 3 is 2.38 bits per heavy atom. The third-order valence-corrected chi connectivity index (χ3v) is 5.70. The number of carbonyl (C=O) groups is 1. The van der Waals surface area contributed by atoms with Gasteiger partial charge < -0.3 is 19.3 Å². The van der Waals surface area contributed by atoms with Gasteiger partial charge in [0.2, 0.25) is 0 Å². The third-order valence-electron chi connectivity index (χ3n) is 5.70. The summed E-state index contributed by atoms with van der Waals surface area (Å²) in [4.78, 5) is 16.9. The molecule has 0 aliphatic carbocycles. The SMILES string of the molecule is COc1ccc(C(=O)N2CCN(c3ccccc3F)CC2)cc1COc1ccc(C)cc1. The fraction of sp³-hybridized carbons (Fsp3) is 0.269. The van der Waals surface area contributed by atoms with Crippen LogP contribution in [0, 0.1) is 12.7 Å². The number of hydrogen-bond acceptors (Lipinski definition) is 4. The minimum absolute atomic E-state index is 0.0441. The lowest BCUT2D eigenvalue weighted by molar-refractivity contribution is 0.0746. The normalized spacial score (nSPS) is 13.7. The predicted octanol–water partition coefficient (Wildman–Crippen LogP) is 4.68. The molecule has 1 aliphatic rings. The van der Waals surface area contributed by atoms with Crippen molar-refractivity contribution in [3.05, 3.63) is 89.2 Å². The van der Waals surface area contributed by atoms with Gasteiger partial charge in [-0.3, -0.25) is 4.79 Å². The summed E-state index contributed by atoms with van der Waals surface area (Å²) in [5, 5.41) is 0. The molecule has 166 valence electrons. The van der Waals surface area contributed by atoms with E-state index in [0.29, 0.717) is 49.8 Å². The van der Waals surface area contributed by atoms with Crippen molar-refractivity contribution in [2.24, 2.45) is 0 Å². The fourth-order valence-corrected chi connectivity index (χ4v) is 3.86. The summed E-state index contributed by atoms with van der Waals surface area (Å²) in [7, 11) is 1.61. The number of rotatable bonds is 6. The number of methoxy groups -OCH3 is 1. The van der Waals surface area contributed by atoms with Crippen LogP contribution in [0.4, 0.5) is 10.1 Å². The minimum Gasteiger partial charge on any atom is -0.496 e. The van der Waals surface area contributed by atoms with Crippen LogP contribution in [0.1, 0.15) is 21.5 Å². The van der Waals surface area contributed by atoms with Crippen LogP contribution in [0.2, 0.25) is 0 Å². The Labute approximate surface area is 188 Å². The van der Waals surface area contributed by atoms with Gasteiger partial charge in [-0.15, -0.1) is 0 Å². The molecule has 0 saturated carbocycles. The van der Waals surface area contributed by atoms with Gasteiger partial charge in [-0.1, -0.05) is 29.8 Å². The lowest BCUT2D eigenvalue weighted by atomic mass is 10.1. The molecule has 0 atom stereocenters. The van der Waals surface area contributed by atoms with E-state index in [9.17, 15) is 9.18 Å². The number of aryl methyl sites for hydroxylation is 1. The molecule has 0 aromatic heterocycles. The van der Waals surface area contributed by atoms with E-state index < -0.39 is 0 Å². The van der Waals surface area contributed by atoms with E-state index in [1.807, 2.05) is 53.1 Å². The van der Waals surface area contributed by atoms with Gasteiger partial charge in [0.25, 0.3) is 5.91 Å². The van der Waals surface area contributed by atoms with Crippen molar-refractivity contribution in [2.75, 3.05) is 38.2 Å². The highest BCUT2D eigenvalue weighted by Gasteiger charge is 2.24. The van der Waals surface area contributed by atoms with Crippen molar-refractivity contribution >= 4 is 11.6 Å². The van der Waals surface area contributed by atoms with Crippen LogP contribution in [-0.2, 0) is 6.61 Å². The summed E-state index contributed by atoms with van der Waals surface area (Å²) < 4.78 is 25.4. The number of amides is 1. The lowest BCUT2D eigenvalue weighted by Gasteiger charge is -2.36. The van der Waals surface area contributed by atoms with Gasteiger partial charge in [0.1, 0.15) is 23.9 Å². The predicted molar refractivity (Wildman–Crippen MR) is 123 cm³/mol. The van der Waals surface area contributed by atoms with E-state index in [1.165, 1.54) is 6.07 Å². The molecule has 0 N–H and O–H groups in total. The molecule has 1 saturated heterocycles. The quantitative estimate of drug-likeness (QED) is 0.565. The fourth-order valence-electron chi connectivity index (χ4n) is 3.86. The summed E-state index contributed by atoms with van der Waals surface area (Å²) in [6.45, 7) is 4.58. The largest absolute Gasteiger partial charge is 0.496 e. The third kappa shape index (κ3) is 4.85. The first-order valence-corrected chi connectivity index (χ1v) is 10.7. The lowest BCUT2D eigenvalue weighted by Crippen LogP contribution is -2.49. The molecule has 1 aliphatic heterocycles. The van der Waals surface area contributed by atoms with Gasteiger partial charge in [-0.05, 0) is 49.4 Å². The van der Waals surface area contributed by atoms with Gasteiger partial charge in [-0.2, -0.15) is 0 Å². The highest BCUT2D eigenvalue weighted by Crippen LogP contribution is 2.25. The Bertz CT molecular complexity index is 1080. The van der Waals surface area contributed by atoms with Crippen molar-refractivity contribution in [2.45, 2.75) is 13.5 Å².